The van der Waals surface area contributed by atoms with Crippen LogP contribution in [0.5, 0.6) is 11.5 Å². The second kappa shape index (κ2) is 18.2. The van der Waals surface area contributed by atoms with Crippen molar-refractivity contribution in [2.75, 3.05) is 26.1 Å². The SMILES string of the molecule is CCCCCCCc1ccc(C(=O)Nc2ccn([C@H]3C[C@H](O)[C@@H](COC(c4ccccc4)(c4ccc(OC)cc4)c4ccc(OC)cc4)O3)c(=O)n2)cc1. The zero-order valence-electron chi connectivity index (χ0n) is 31.1. The number of carbonyl (C=O) groups is 1. The number of nitrogens with zero attached hydrogens (tertiary/aromatic N) is 2. The van der Waals surface area contributed by atoms with E-state index >= 15 is 0 Å². The van der Waals surface area contributed by atoms with Crippen LogP contribution in [0.25, 0.3) is 0 Å². The molecule has 1 fully saturated rings. The molecule has 1 saturated heterocycles. The fraction of sp³-hybridized carbons (Fsp3) is 0.341. The Bertz CT molecular complexity index is 1950. The minimum atomic E-state index is -1.10. The van der Waals surface area contributed by atoms with Crippen molar-refractivity contribution in [1.82, 2.24) is 9.55 Å². The lowest BCUT2D eigenvalue weighted by molar-refractivity contribution is -0.0944. The highest BCUT2D eigenvalue weighted by molar-refractivity contribution is 6.03. The van der Waals surface area contributed by atoms with Gasteiger partial charge < -0.3 is 29.4 Å². The summed E-state index contributed by atoms with van der Waals surface area (Å²) >= 11 is 0. The lowest BCUT2D eigenvalue weighted by Gasteiger charge is -2.37. The number of unbranched alkanes of at least 4 members (excludes halogenated alkanes) is 4. The van der Waals surface area contributed by atoms with Crippen LogP contribution in [0, 0.1) is 0 Å². The van der Waals surface area contributed by atoms with E-state index in [2.05, 4.69) is 17.2 Å². The number of benzene rings is 4. The van der Waals surface area contributed by atoms with Crippen molar-refractivity contribution in [1.29, 1.82) is 0 Å². The number of carbonyl (C=O) groups excluding carboxylic acids is 1. The van der Waals surface area contributed by atoms with Crippen molar-refractivity contribution in [2.45, 2.75) is 75.9 Å². The van der Waals surface area contributed by atoms with E-state index in [1.165, 1.54) is 42.0 Å². The van der Waals surface area contributed by atoms with Crippen molar-refractivity contribution < 1.29 is 28.8 Å². The maximum Gasteiger partial charge on any atom is 0.351 e. The first kappa shape index (κ1) is 38.4. The molecule has 1 amide bonds. The molecule has 1 aliphatic rings. The molecule has 0 spiro atoms. The van der Waals surface area contributed by atoms with E-state index in [1.807, 2.05) is 91.0 Å². The van der Waals surface area contributed by atoms with Gasteiger partial charge in [0.25, 0.3) is 5.91 Å². The highest BCUT2D eigenvalue weighted by atomic mass is 16.6. The Kier molecular flexibility index (Phi) is 12.9. The summed E-state index contributed by atoms with van der Waals surface area (Å²) in [5.74, 6) is 1.19. The fourth-order valence-electron chi connectivity index (χ4n) is 6.96. The van der Waals surface area contributed by atoms with Gasteiger partial charge >= 0.3 is 5.69 Å². The first-order valence-corrected chi connectivity index (χ1v) is 18.7. The Morgan fingerprint density at radius 1 is 0.833 bits per heavy atom. The van der Waals surface area contributed by atoms with E-state index in [9.17, 15) is 14.7 Å². The Morgan fingerprint density at radius 2 is 1.44 bits per heavy atom. The Hall–Kier alpha value is -5.29. The fourth-order valence-corrected chi connectivity index (χ4v) is 6.96. The van der Waals surface area contributed by atoms with E-state index in [4.69, 9.17) is 18.9 Å². The second-order valence-corrected chi connectivity index (χ2v) is 13.6. The van der Waals surface area contributed by atoms with E-state index in [1.54, 1.807) is 32.4 Å². The molecule has 3 atom stereocenters. The maximum absolute atomic E-state index is 13.2. The highest BCUT2D eigenvalue weighted by Gasteiger charge is 2.42. The molecule has 10 heteroatoms. The van der Waals surface area contributed by atoms with Crippen LogP contribution in [-0.4, -0.2) is 53.6 Å². The molecule has 0 radical (unpaired) electrons. The first-order valence-electron chi connectivity index (χ1n) is 18.7. The number of aliphatic hydroxyl groups is 1. The van der Waals surface area contributed by atoms with Gasteiger partial charge in [-0.25, -0.2) is 4.79 Å². The second-order valence-electron chi connectivity index (χ2n) is 13.6. The molecule has 0 aliphatic carbocycles. The molecule has 10 nitrogen and oxygen atoms in total. The molecule has 2 N–H and O–H groups in total. The van der Waals surface area contributed by atoms with Gasteiger partial charge in [0.2, 0.25) is 0 Å². The number of aromatic nitrogens is 2. The first-order chi connectivity index (χ1) is 26.3. The van der Waals surface area contributed by atoms with E-state index in [0.29, 0.717) is 17.1 Å². The lowest BCUT2D eigenvalue weighted by Crippen LogP contribution is -2.38. The van der Waals surface area contributed by atoms with Crippen LogP contribution in [0.3, 0.4) is 0 Å². The Morgan fingerprint density at radius 3 is 2.04 bits per heavy atom. The van der Waals surface area contributed by atoms with Crippen LogP contribution < -0.4 is 20.5 Å². The predicted octanol–water partition coefficient (Wildman–Crippen LogP) is 7.68. The Labute approximate surface area is 316 Å². The summed E-state index contributed by atoms with van der Waals surface area (Å²) in [6.45, 7) is 2.21. The van der Waals surface area contributed by atoms with Gasteiger partial charge in [-0.1, -0.05) is 99.3 Å². The number of anilines is 1. The number of hydrogen-bond donors (Lipinski definition) is 2. The third-order valence-electron chi connectivity index (χ3n) is 10.0. The quantitative estimate of drug-likeness (QED) is 0.0738. The van der Waals surface area contributed by atoms with Crippen LogP contribution in [0.2, 0.25) is 0 Å². The van der Waals surface area contributed by atoms with E-state index < -0.39 is 29.7 Å². The summed E-state index contributed by atoms with van der Waals surface area (Å²) in [5, 5.41) is 14.0. The van der Waals surface area contributed by atoms with Gasteiger partial charge in [0.05, 0.1) is 26.9 Å². The van der Waals surface area contributed by atoms with Gasteiger partial charge in [0.15, 0.2) is 0 Å². The summed E-state index contributed by atoms with van der Waals surface area (Å²) in [6, 6.07) is 34.3. The molecular weight excluding hydrogens is 682 g/mol. The van der Waals surface area contributed by atoms with Crippen molar-refractivity contribution in [3.63, 3.8) is 0 Å². The summed E-state index contributed by atoms with van der Waals surface area (Å²) in [6.07, 6.45) is 6.23. The van der Waals surface area contributed by atoms with Gasteiger partial charge in [0.1, 0.15) is 35.2 Å². The van der Waals surface area contributed by atoms with Crippen LogP contribution in [0.4, 0.5) is 5.82 Å². The largest absolute Gasteiger partial charge is 0.497 e. The molecule has 1 aromatic heterocycles. The van der Waals surface area contributed by atoms with Crippen molar-refractivity contribution in [3.8, 4) is 11.5 Å². The average molecular weight is 732 g/mol. The molecule has 0 bridgehead atoms. The van der Waals surface area contributed by atoms with Gasteiger partial charge in [-0.2, -0.15) is 4.98 Å². The zero-order valence-corrected chi connectivity index (χ0v) is 31.1. The van der Waals surface area contributed by atoms with Crippen LogP contribution >= 0.6 is 0 Å². The average Bonchev–Trinajstić information content (AvgIpc) is 3.58. The maximum atomic E-state index is 13.2. The smallest absolute Gasteiger partial charge is 0.351 e. The van der Waals surface area contributed by atoms with E-state index in [-0.39, 0.29) is 24.8 Å². The summed E-state index contributed by atoms with van der Waals surface area (Å²) in [5.41, 5.74) is 2.52. The number of ether oxygens (including phenoxy) is 4. The number of amides is 1. The van der Waals surface area contributed by atoms with Gasteiger partial charge in [0, 0.05) is 18.2 Å². The van der Waals surface area contributed by atoms with Gasteiger partial charge in [-0.3, -0.25) is 9.36 Å². The van der Waals surface area contributed by atoms with Crippen LogP contribution in [0.15, 0.2) is 120 Å². The minimum Gasteiger partial charge on any atom is -0.497 e. The molecule has 1 aliphatic heterocycles. The van der Waals surface area contributed by atoms with Crippen LogP contribution in [-0.2, 0) is 21.5 Å². The van der Waals surface area contributed by atoms with Gasteiger partial charge in [-0.15, -0.1) is 0 Å². The molecule has 2 heterocycles. The standard InChI is InChI=1S/C44H49N3O7/c1-4-5-6-7-9-12-31-15-17-32(18-16-31)42(49)45-40-27-28-47(43(50)46-40)41-29-38(48)39(54-41)30-53-44(33-13-10-8-11-14-33,34-19-23-36(51-2)24-20-34)35-21-25-37(52-3)26-22-35/h8,10-11,13-28,38-39,41,48H,4-7,9,12,29-30H2,1-3H3,(H,45,46,49,50)/t38-,39+,41+/m0/s1. The molecule has 54 heavy (non-hydrogen) atoms. The number of aryl methyl sites for hydroxylation is 1. The molecule has 0 saturated carbocycles. The molecule has 282 valence electrons. The molecular formula is C44H49N3O7. The molecule has 4 aromatic carbocycles. The third kappa shape index (κ3) is 8.90. The monoisotopic (exact) mass is 731 g/mol. The van der Waals surface area contributed by atoms with Gasteiger partial charge in [-0.05, 0) is 77.6 Å². The third-order valence-corrected chi connectivity index (χ3v) is 10.0. The lowest BCUT2D eigenvalue weighted by atomic mass is 9.80. The summed E-state index contributed by atoms with van der Waals surface area (Å²) < 4.78 is 25.4. The zero-order chi connectivity index (χ0) is 37.9. The van der Waals surface area contributed by atoms with Crippen molar-refractivity contribution >= 4 is 11.7 Å². The number of methoxy groups -OCH3 is 2. The van der Waals surface area contributed by atoms with E-state index in [0.717, 1.165) is 29.5 Å². The number of aliphatic hydroxyl groups excluding tert-OH is 1. The van der Waals surface area contributed by atoms with Crippen molar-refractivity contribution in [3.05, 3.63) is 154 Å². The normalized spacial score (nSPS) is 16.9. The number of rotatable bonds is 17. The Balaban J connectivity index is 1.16. The number of hydrogen-bond acceptors (Lipinski definition) is 8. The molecule has 6 rings (SSSR count). The topological polar surface area (TPSA) is 121 Å². The molecule has 0 unspecified atom stereocenters. The number of nitrogens with one attached hydrogen (secondary N) is 1. The minimum absolute atomic E-state index is 0.00140. The van der Waals surface area contributed by atoms with Crippen molar-refractivity contribution in [2.24, 2.45) is 0 Å². The predicted molar refractivity (Wildman–Crippen MR) is 208 cm³/mol. The summed E-state index contributed by atoms with van der Waals surface area (Å²) in [4.78, 5) is 30.3. The highest BCUT2D eigenvalue weighted by Crippen LogP contribution is 2.42. The van der Waals surface area contributed by atoms with Crippen LogP contribution in [0.1, 0.15) is 84.3 Å². The molecule has 5 aromatic rings. The summed E-state index contributed by atoms with van der Waals surface area (Å²) in [7, 11) is 3.24.